The van der Waals surface area contributed by atoms with E-state index in [-0.39, 0.29) is 0 Å². The van der Waals surface area contributed by atoms with E-state index < -0.39 is 0 Å². The first-order valence-corrected chi connectivity index (χ1v) is 6.35. The van der Waals surface area contributed by atoms with Gasteiger partial charge >= 0.3 is 0 Å². The Hall–Kier alpha value is -1.48. The van der Waals surface area contributed by atoms with E-state index >= 15 is 0 Å². The zero-order chi connectivity index (χ0) is 13.3. The summed E-state index contributed by atoms with van der Waals surface area (Å²) in [5.74, 6) is 0.905. The quantitative estimate of drug-likeness (QED) is 0.769. The molecule has 0 unspecified atom stereocenters. The fourth-order valence-corrected chi connectivity index (χ4v) is 2.42. The highest BCUT2D eigenvalue weighted by Crippen LogP contribution is 2.27. The maximum atomic E-state index is 6.24. The van der Waals surface area contributed by atoms with Crippen LogP contribution in [0, 0.1) is 13.8 Å². The van der Waals surface area contributed by atoms with Crippen LogP contribution in [0.5, 0.6) is 0 Å². The van der Waals surface area contributed by atoms with Gasteiger partial charge in [0.25, 0.3) is 0 Å². The van der Waals surface area contributed by atoms with E-state index in [0.717, 1.165) is 22.6 Å². The Morgan fingerprint density at radius 1 is 1.06 bits per heavy atom. The molecule has 0 atom stereocenters. The van der Waals surface area contributed by atoms with Gasteiger partial charge in [-0.1, -0.05) is 31.5 Å². The lowest BCUT2D eigenvalue weighted by Gasteiger charge is -2.12. The van der Waals surface area contributed by atoms with Crippen LogP contribution in [0.2, 0.25) is 5.15 Å². The topological polar surface area (TPSA) is 38.7 Å². The van der Waals surface area contributed by atoms with Crippen molar-refractivity contribution < 1.29 is 0 Å². The lowest BCUT2D eigenvalue weighted by molar-refractivity contribution is 0.830. The first-order valence-electron chi connectivity index (χ1n) is 5.97. The number of hydrogen-bond acceptors (Lipinski definition) is 3. The predicted molar refractivity (Wildman–Crippen MR) is 73.8 cm³/mol. The molecule has 0 amide bonds. The summed E-state index contributed by atoms with van der Waals surface area (Å²) < 4.78 is 0. The smallest absolute Gasteiger partial charge is 0.179 e. The van der Waals surface area contributed by atoms with Gasteiger partial charge in [0.1, 0.15) is 10.8 Å². The van der Waals surface area contributed by atoms with E-state index in [1.807, 2.05) is 32.0 Å². The molecule has 18 heavy (non-hydrogen) atoms. The second kappa shape index (κ2) is 5.02. The van der Waals surface area contributed by atoms with Crippen molar-refractivity contribution in [3.8, 4) is 11.5 Å². The zero-order valence-electron chi connectivity index (χ0n) is 11.0. The fraction of sp³-hybridized carbons (Fsp3) is 0.357. The van der Waals surface area contributed by atoms with Crippen LogP contribution in [0.3, 0.4) is 0 Å². The van der Waals surface area contributed by atoms with Crippen LogP contribution >= 0.6 is 11.6 Å². The molecule has 3 nitrogen and oxygen atoms in total. The van der Waals surface area contributed by atoms with Gasteiger partial charge in [0.15, 0.2) is 5.82 Å². The molecule has 2 heterocycles. The second-order valence-corrected chi connectivity index (χ2v) is 5.01. The molecule has 2 aromatic heterocycles. The summed E-state index contributed by atoms with van der Waals surface area (Å²) >= 11 is 6.24. The fourth-order valence-electron chi connectivity index (χ4n) is 1.98. The summed E-state index contributed by atoms with van der Waals surface area (Å²) in [6.45, 7) is 8.08. The number of aryl methyl sites for hydroxylation is 2. The van der Waals surface area contributed by atoms with Gasteiger partial charge in [-0.2, -0.15) is 0 Å². The zero-order valence-corrected chi connectivity index (χ0v) is 11.8. The van der Waals surface area contributed by atoms with E-state index in [9.17, 15) is 0 Å². The molecule has 2 rings (SSSR count). The molecule has 2 aromatic rings. The van der Waals surface area contributed by atoms with E-state index in [1.165, 1.54) is 0 Å². The highest BCUT2D eigenvalue weighted by Gasteiger charge is 2.14. The summed E-state index contributed by atoms with van der Waals surface area (Å²) in [6.07, 6.45) is 0. The van der Waals surface area contributed by atoms with Crippen LogP contribution in [0.4, 0.5) is 0 Å². The number of pyridine rings is 1. The number of aromatic nitrogens is 3. The maximum absolute atomic E-state index is 6.24. The van der Waals surface area contributed by atoms with Crippen LogP contribution in [-0.4, -0.2) is 15.0 Å². The molecule has 94 valence electrons. The minimum atomic E-state index is 0.317. The average molecular weight is 262 g/mol. The Bertz CT molecular complexity index is 556. The summed E-state index contributed by atoms with van der Waals surface area (Å²) in [4.78, 5) is 13.3. The Balaban J connectivity index is 2.55. The highest BCUT2D eigenvalue weighted by molar-refractivity contribution is 6.30. The minimum Gasteiger partial charge on any atom is -0.250 e. The van der Waals surface area contributed by atoms with Gasteiger partial charge in [0.2, 0.25) is 0 Å². The lowest BCUT2D eigenvalue weighted by atomic mass is 10.0. The van der Waals surface area contributed by atoms with E-state index in [4.69, 9.17) is 11.6 Å². The van der Waals surface area contributed by atoms with Crippen molar-refractivity contribution in [2.24, 2.45) is 0 Å². The molecule has 0 aromatic carbocycles. The number of hydrogen-bond donors (Lipinski definition) is 0. The van der Waals surface area contributed by atoms with Gasteiger partial charge in [-0.25, -0.2) is 15.0 Å². The molecule has 0 N–H and O–H groups in total. The van der Waals surface area contributed by atoms with Crippen molar-refractivity contribution in [2.75, 3.05) is 0 Å². The van der Waals surface area contributed by atoms with Crippen LogP contribution in [0.25, 0.3) is 11.5 Å². The third kappa shape index (κ3) is 2.51. The van der Waals surface area contributed by atoms with Gasteiger partial charge in [0, 0.05) is 17.0 Å². The van der Waals surface area contributed by atoms with Crippen molar-refractivity contribution >= 4 is 11.6 Å². The number of rotatable bonds is 2. The van der Waals surface area contributed by atoms with Crippen LogP contribution < -0.4 is 0 Å². The molecule has 0 aliphatic rings. The minimum absolute atomic E-state index is 0.317. The van der Waals surface area contributed by atoms with Gasteiger partial charge < -0.3 is 0 Å². The lowest BCUT2D eigenvalue weighted by Crippen LogP contribution is -2.02. The van der Waals surface area contributed by atoms with E-state index in [2.05, 4.69) is 28.8 Å². The standard InChI is InChI=1S/C14H16ClN3/c1-8(2)12-10(4)17-14(18-13(12)15)11-7-5-6-9(3)16-11/h5-8H,1-4H3. The van der Waals surface area contributed by atoms with Crippen molar-refractivity contribution in [2.45, 2.75) is 33.6 Å². The monoisotopic (exact) mass is 261 g/mol. The molecule has 0 saturated heterocycles. The van der Waals surface area contributed by atoms with Crippen LogP contribution in [0.15, 0.2) is 18.2 Å². The summed E-state index contributed by atoms with van der Waals surface area (Å²) in [5, 5.41) is 0.524. The van der Waals surface area contributed by atoms with Crippen molar-refractivity contribution in [1.29, 1.82) is 0 Å². The number of nitrogens with zero attached hydrogens (tertiary/aromatic N) is 3. The Morgan fingerprint density at radius 2 is 1.78 bits per heavy atom. The highest BCUT2D eigenvalue weighted by atomic mass is 35.5. The molecule has 0 bridgehead atoms. The summed E-state index contributed by atoms with van der Waals surface area (Å²) in [6, 6.07) is 5.79. The van der Waals surface area contributed by atoms with Crippen LogP contribution in [-0.2, 0) is 0 Å². The Labute approximate surface area is 112 Å². The molecule has 0 fully saturated rings. The first-order chi connectivity index (χ1) is 8.49. The Morgan fingerprint density at radius 3 is 2.33 bits per heavy atom. The molecule has 4 heteroatoms. The molecule has 0 radical (unpaired) electrons. The van der Waals surface area contributed by atoms with Gasteiger partial charge in [-0.3, -0.25) is 0 Å². The largest absolute Gasteiger partial charge is 0.250 e. The van der Waals surface area contributed by atoms with Gasteiger partial charge in [-0.05, 0) is 31.9 Å². The van der Waals surface area contributed by atoms with Crippen molar-refractivity contribution in [1.82, 2.24) is 15.0 Å². The van der Waals surface area contributed by atoms with E-state index in [0.29, 0.717) is 16.9 Å². The predicted octanol–water partition coefficient (Wildman–Crippen LogP) is 3.93. The Kier molecular flexibility index (Phi) is 3.62. The molecule has 0 spiro atoms. The first kappa shape index (κ1) is 13.0. The SMILES string of the molecule is Cc1cccc(-c2nc(C)c(C(C)C)c(Cl)n2)n1. The van der Waals surface area contributed by atoms with Gasteiger partial charge in [-0.15, -0.1) is 0 Å². The number of halogens is 1. The maximum Gasteiger partial charge on any atom is 0.179 e. The third-order valence-electron chi connectivity index (χ3n) is 2.78. The molecule has 0 aliphatic carbocycles. The summed E-state index contributed by atoms with van der Waals surface area (Å²) in [5.41, 5.74) is 3.63. The van der Waals surface area contributed by atoms with E-state index in [1.54, 1.807) is 0 Å². The normalized spacial score (nSPS) is 11.0. The second-order valence-electron chi connectivity index (χ2n) is 4.66. The molecule has 0 saturated carbocycles. The average Bonchev–Trinajstić information content (AvgIpc) is 2.27. The molecular weight excluding hydrogens is 246 g/mol. The van der Waals surface area contributed by atoms with Gasteiger partial charge in [0.05, 0.1) is 0 Å². The molecular formula is C14H16ClN3. The van der Waals surface area contributed by atoms with Crippen LogP contribution in [0.1, 0.15) is 36.7 Å². The molecule has 0 aliphatic heterocycles. The third-order valence-corrected chi connectivity index (χ3v) is 3.07. The van der Waals surface area contributed by atoms with Crippen molar-refractivity contribution in [3.63, 3.8) is 0 Å². The summed E-state index contributed by atoms with van der Waals surface area (Å²) in [7, 11) is 0. The van der Waals surface area contributed by atoms with Crippen molar-refractivity contribution in [3.05, 3.63) is 40.3 Å².